The zero-order valence-electron chi connectivity index (χ0n) is 22.7. The summed E-state index contributed by atoms with van der Waals surface area (Å²) in [4.78, 5) is 51.7. The number of amides is 1. The highest BCUT2D eigenvalue weighted by atomic mass is 16.5. The van der Waals surface area contributed by atoms with E-state index in [9.17, 15) is 19.2 Å². The molecule has 42 heavy (non-hydrogen) atoms. The van der Waals surface area contributed by atoms with Gasteiger partial charge in [0.15, 0.2) is 23.9 Å². The third-order valence-electron chi connectivity index (χ3n) is 6.65. The van der Waals surface area contributed by atoms with Crippen LogP contribution in [-0.4, -0.2) is 43.9 Å². The van der Waals surface area contributed by atoms with Crippen LogP contribution in [0.15, 0.2) is 103 Å². The Morgan fingerprint density at radius 3 is 2.10 bits per heavy atom. The summed E-state index contributed by atoms with van der Waals surface area (Å²) in [5.74, 6) is -0.479. The Morgan fingerprint density at radius 1 is 0.762 bits per heavy atom. The highest BCUT2D eigenvalue weighted by molar-refractivity contribution is 6.01. The number of nitrogens with zero attached hydrogens (tertiary/aromatic N) is 1. The first-order valence-corrected chi connectivity index (χ1v) is 13.2. The van der Waals surface area contributed by atoms with E-state index in [1.165, 1.54) is 29.2 Å². The molecule has 0 saturated carbocycles. The molecule has 0 aromatic heterocycles. The second-order valence-electron chi connectivity index (χ2n) is 9.46. The standard InChI is InChI=1S/C33H27NO8/c1-39-29-9-5-6-10-30(29)41-26-17-13-25(14-18-26)34-20-24(19-31(34)36)32(37)40-21-28(35)22-11-15-27(16-12-22)42-33(38)23-7-3-2-4-8-23/h2-18,24H,19-21H2,1H3/t24-/m0/s1. The molecule has 1 amide bonds. The van der Waals surface area contributed by atoms with E-state index in [1.807, 2.05) is 12.1 Å². The highest BCUT2D eigenvalue weighted by Gasteiger charge is 2.36. The van der Waals surface area contributed by atoms with Crippen molar-refractivity contribution in [3.05, 3.63) is 114 Å². The molecule has 1 aliphatic heterocycles. The van der Waals surface area contributed by atoms with E-state index in [0.717, 1.165) is 0 Å². The Balaban J connectivity index is 1.11. The van der Waals surface area contributed by atoms with Gasteiger partial charge in [0.2, 0.25) is 5.91 Å². The summed E-state index contributed by atoms with van der Waals surface area (Å²) >= 11 is 0. The topological polar surface area (TPSA) is 108 Å². The molecule has 0 bridgehead atoms. The summed E-state index contributed by atoms with van der Waals surface area (Å²) in [6.45, 7) is -0.332. The molecule has 4 aromatic rings. The van der Waals surface area contributed by atoms with Crippen molar-refractivity contribution in [2.75, 3.05) is 25.2 Å². The molecule has 0 aliphatic carbocycles. The number of anilines is 1. The lowest BCUT2D eigenvalue weighted by Gasteiger charge is -2.17. The van der Waals surface area contributed by atoms with Crippen LogP contribution in [0.1, 0.15) is 27.1 Å². The number of Topliss-reactive ketones (excluding diaryl/α,β-unsaturated/α-hetero) is 1. The first-order chi connectivity index (χ1) is 20.4. The maximum Gasteiger partial charge on any atom is 0.343 e. The Labute approximate surface area is 242 Å². The highest BCUT2D eigenvalue weighted by Crippen LogP contribution is 2.33. The molecule has 1 aliphatic rings. The van der Waals surface area contributed by atoms with Crippen molar-refractivity contribution in [1.82, 2.24) is 0 Å². The largest absolute Gasteiger partial charge is 0.493 e. The van der Waals surface area contributed by atoms with Crippen LogP contribution in [0, 0.1) is 5.92 Å². The van der Waals surface area contributed by atoms with Gasteiger partial charge in [-0.1, -0.05) is 30.3 Å². The third-order valence-corrected chi connectivity index (χ3v) is 6.65. The first kappa shape index (κ1) is 28.1. The van der Waals surface area contributed by atoms with Crippen molar-refractivity contribution in [2.45, 2.75) is 6.42 Å². The van der Waals surface area contributed by atoms with E-state index in [2.05, 4.69) is 0 Å². The number of hydrogen-bond acceptors (Lipinski definition) is 8. The van der Waals surface area contributed by atoms with Gasteiger partial charge in [-0.15, -0.1) is 0 Å². The number of hydrogen-bond donors (Lipinski definition) is 0. The second kappa shape index (κ2) is 12.8. The molecule has 1 fully saturated rings. The molecule has 1 atom stereocenters. The normalized spacial score (nSPS) is 14.3. The molecular formula is C33H27NO8. The monoisotopic (exact) mass is 565 g/mol. The maximum absolute atomic E-state index is 12.7. The van der Waals surface area contributed by atoms with Crippen LogP contribution in [0.25, 0.3) is 0 Å². The predicted octanol–water partition coefficient (Wildman–Crippen LogP) is 5.49. The molecule has 4 aromatic carbocycles. The van der Waals surface area contributed by atoms with Crippen LogP contribution in [0.4, 0.5) is 5.69 Å². The molecule has 0 radical (unpaired) electrons. The van der Waals surface area contributed by atoms with Gasteiger partial charge in [-0.3, -0.25) is 14.4 Å². The molecular weight excluding hydrogens is 538 g/mol. The lowest BCUT2D eigenvalue weighted by molar-refractivity contribution is -0.147. The van der Waals surface area contributed by atoms with Crippen molar-refractivity contribution >= 4 is 29.3 Å². The van der Waals surface area contributed by atoms with Crippen molar-refractivity contribution in [1.29, 1.82) is 0 Å². The Bertz CT molecular complexity index is 1580. The van der Waals surface area contributed by atoms with Gasteiger partial charge < -0.3 is 23.8 Å². The minimum absolute atomic E-state index is 0.0199. The summed E-state index contributed by atoms with van der Waals surface area (Å²) in [7, 11) is 1.56. The number of benzene rings is 4. The quantitative estimate of drug-likeness (QED) is 0.141. The van der Waals surface area contributed by atoms with Gasteiger partial charge in [0.1, 0.15) is 11.5 Å². The lowest BCUT2D eigenvalue weighted by atomic mass is 10.1. The van der Waals surface area contributed by atoms with E-state index in [4.69, 9.17) is 18.9 Å². The number of para-hydroxylation sites is 2. The molecule has 0 N–H and O–H groups in total. The summed E-state index contributed by atoms with van der Waals surface area (Å²) in [5, 5.41) is 0. The van der Waals surface area contributed by atoms with Gasteiger partial charge in [-0.2, -0.15) is 0 Å². The summed E-state index contributed by atoms with van der Waals surface area (Å²) in [5.41, 5.74) is 1.32. The van der Waals surface area contributed by atoms with Crippen molar-refractivity contribution in [3.63, 3.8) is 0 Å². The number of ketones is 1. The van der Waals surface area contributed by atoms with E-state index in [0.29, 0.717) is 34.1 Å². The summed E-state index contributed by atoms with van der Waals surface area (Å²) in [6, 6.07) is 28.7. The molecule has 9 nitrogen and oxygen atoms in total. The summed E-state index contributed by atoms with van der Waals surface area (Å²) in [6.07, 6.45) is -0.0199. The number of carbonyl (C=O) groups excluding carboxylic acids is 4. The maximum atomic E-state index is 12.7. The fourth-order valence-electron chi connectivity index (χ4n) is 4.43. The Kier molecular flexibility index (Phi) is 8.58. The zero-order valence-corrected chi connectivity index (χ0v) is 22.7. The molecule has 5 rings (SSSR count). The second-order valence-corrected chi connectivity index (χ2v) is 9.46. The van der Waals surface area contributed by atoms with Gasteiger partial charge in [-0.05, 0) is 72.8 Å². The van der Waals surface area contributed by atoms with Gasteiger partial charge >= 0.3 is 11.9 Å². The number of rotatable bonds is 10. The van der Waals surface area contributed by atoms with Crippen molar-refractivity contribution in [2.24, 2.45) is 5.92 Å². The van der Waals surface area contributed by atoms with E-state index >= 15 is 0 Å². The molecule has 0 spiro atoms. The third kappa shape index (κ3) is 6.64. The van der Waals surface area contributed by atoms with Crippen LogP contribution < -0.4 is 19.1 Å². The van der Waals surface area contributed by atoms with Gasteiger partial charge in [-0.25, -0.2) is 4.79 Å². The van der Waals surface area contributed by atoms with Crippen molar-refractivity contribution < 1.29 is 38.1 Å². The number of methoxy groups -OCH3 is 1. The van der Waals surface area contributed by atoms with Crippen LogP contribution in [0.2, 0.25) is 0 Å². The van der Waals surface area contributed by atoms with Crippen LogP contribution >= 0.6 is 0 Å². The lowest BCUT2D eigenvalue weighted by Crippen LogP contribution is -2.27. The number of carbonyl (C=O) groups is 4. The van der Waals surface area contributed by atoms with E-state index < -0.39 is 30.2 Å². The smallest absolute Gasteiger partial charge is 0.343 e. The average molecular weight is 566 g/mol. The SMILES string of the molecule is COc1ccccc1Oc1ccc(N2C[C@@H](C(=O)OCC(=O)c3ccc(OC(=O)c4ccccc4)cc3)CC2=O)cc1. The number of esters is 2. The fraction of sp³-hybridized carbons (Fsp3) is 0.152. The fourth-order valence-corrected chi connectivity index (χ4v) is 4.43. The first-order valence-electron chi connectivity index (χ1n) is 13.2. The molecule has 9 heteroatoms. The van der Waals surface area contributed by atoms with Crippen molar-refractivity contribution in [3.8, 4) is 23.0 Å². The minimum atomic E-state index is -0.699. The molecule has 1 heterocycles. The summed E-state index contributed by atoms with van der Waals surface area (Å²) < 4.78 is 21.7. The van der Waals surface area contributed by atoms with E-state index in [1.54, 1.807) is 73.8 Å². The van der Waals surface area contributed by atoms with Gasteiger partial charge in [0.25, 0.3) is 0 Å². The van der Waals surface area contributed by atoms with E-state index in [-0.39, 0.29) is 24.6 Å². The number of ether oxygens (including phenoxy) is 4. The molecule has 1 saturated heterocycles. The molecule has 212 valence electrons. The van der Waals surface area contributed by atoms with Crippen LogP contribution in [0.3, 0.4) is 0 Å². The van der Waals surface area contributed by atoms with Gasteiger partial charge in [0, 0.05) is 24.2 Å². The Morgan fingerprint density at radius 2 is 1.40 bits per heavy atom. The minimum Gasteiger partial charge on any atom is -0.493 e. The van der Waals surface area contributed by atoms with Crippen LogP contribution in [0.5, 0.6) is 23.0 Å². The Hall–Kier alpha value is -5.44. The zero-order chi connectivity index (χ0) is 29.5. The predicted molar refractivity (Wildman–Crippen MR) is 153 cm³/mol. The van der Waals surface area contributed by atoms with Crippen LogP contribution in [-0.2, 0) is 14.3 Å². The van der Waals surface area contributed by atoms with Gasteiger partial charge in [0.05, 0.1) is 18.6 Å². The molecule has 0 unspecified atom stereocenters. The average Bonchev–Trinajstić information content (AvgIpc) is 3.42.